The third kappa shape index (κ3) is 2.93. The summed E-state index contributed by atoms with van der Waals surface area (Å²) in [6.07, 6.45) is 1.71. The Bertz CT molecular complexity index is 199. The van der Waals surface area contributed by atoms with Crippen LogP contribution >= 0.6 is 0 Å². The smallest absolute Gasteiger partial charge is 0.0709 e. The van der Waals surface area contributed by atoms with Gasteiger partial charge in [0.2, 0.25) is 0 Å². The summed E-state index contributed by atoms with van der Waals surface area (Å²) >= 11 is 0. The minimum Gasteiger partial charge on any atom is -0.330 e. The molecule has 0 bridgehead atoms. The molecular formula is C11H23N3. The van der Waals surface area contributed by atoms with Crippen molar-refractivity contribution in [3.8, 4) is 0 Å². The Kier molecular flexibility index (Phi) is 5.02. The standard InChI is InChI=1S/C11H23N3/c1-6-9(13)10(14-5)8(2)11(3,4)7-12/h6,8-10H,1,5,7,12-13H2,2-4H3. The molecule has 0 radical (unpaired) electrons. The van der Waals surface area contributed by atoms with E-state index in [2.05, 4.69) is 39.1 Å². The second kappa shape index (κ2) is 5.27. The van der Waals surface area contributed by atoms with Gasteiger partial charge in [0.25, 0.3) is 0 Å². The minimum absolute atomic E-state index is 0.00829. The molecule has 0 saturated heterocycles. The Morgan fingerprint density at radius 2 is 2.00 bits per heavy atom. The van der Waals surface area contributed by atoms with E-state index in [0.717, 1.165) is 0 Å². The van der Waals surface area contributed by atoms with Crippen LogP contribution in [0.3, 0.4) is 0 Å². The number of nitrogens with two attached hydrogens (primary N) is 2. The van der Waals surface area contributed by atoms with E-state index in [1.54, 1.807) is 6.08 Å². The molecule has 3 nitrogen and oxygen atoms in total. The number of hydrogen-bond acceptors (Lipinski definition) is 3. The SMILES string of the molecule is C=CC(N)C(N=C)C(C)C(C)(C)CN. The van der Waals surface area contributed by atoms with Crippen LogP contribution in [0.15, 0.2) is 17.6 Å². The lowest BCUT2D eigenvalue weighted by molar-refractivity contribution is 0.199. The fourth-order valence-electron chi connectivity index (χ4n) is 1.40. The predicted octanol–water partition coefficient (Wildman–Crippen LogP) is 1.19. The van der Waals surface area contributed by atoms with Crippen molar-refractivity contribution < 1.29 is 0 Å². The topological polar surface area (TPSA) is 64.4 Å². The molecule has 0 aliphatic rings. The molecule has 4 N–H and O–H groups in total. The molecule has 0 heterocycles. The first-order chi connectivity index (χ1) is 6.40. The molecule has 0 spiro atoms. The van der Waals surface area contributed by atoms with Gasteiger partial charge in [-0.05, 0) is 24.6 Å². The highest BCUT2D eigenvalue weighted by Gasteiger charge is 2.32. The summed E-state index contributed by atoms with van der Waals surface area (Å²) < 4.78 is 0. The van der Waals surface area contributed by atoms with Crippen LogP contribution in [-0.4, -0.2) is 25.3 Å². The molecule has 3 atom stereocenters. The van der Waals surface area contributed by atoms with Crippen LogP contribution < -0.4 is 11.5 Å². The average molecular weight is 197 g/mol. The quantitative estimate of drug-likeness (QED) is 0.496. The van der Waals surface area contributed by atoms with Crippen molar-refractivity contribution in [1.29, 1.82) is 0 Å². The summed E-state index contributed by atoms with van der Waals surface area (Å²) in [5.41, 5.74) is 11.6. The van der Waals surface area contributed by atoms with Crippen molar-refractivity contribution in [1.82, 2.24) is 0 Å². The van der Waals surface area contributed by atoms with Gasteiger partial charge in [0.1, 0.15) is 0 Å². The molecule has 82 valence electrons. The van der Waals surface area contributed by atoms with Crippen LogP contribution in [-0.2, 0) is 0 Å². The molecule has 0 amide bonds. The van der Waals surface area contributed by atoms with Gasteiger partial charge in [-0.2, -0.15) is 0 Å². The number of nitrogens with zero attached hydrogens (tertiary/aromatic N) is 1. The Balaban J connectivity index is 4.69. The Hall–Kier alpha value is -0.670. The van der Waals surface area contributed by atoms with E-state index >= 15 is 0 Å². The highest BCUT2D eigenvalue weighted by Crippen LogP contribution is 2.30. The predicted molar refractivity (Wildman–Crippen MR) is 63.5 cm³/mol. The first-order valence-corrected chi connectivity index (χ1v) is 4.94. The molecule has 0 aromatic heterocycles. The Morgan fingerprint density at radius 1 is 1.50 bits per heavy atom. The van der Waals surface area contributed by atoms with Gasteiger partial charge in [-0.15, -0.1) is 6.58 Å². The lowest BCUT2D eigenvalue weighted by atomic mass is 9.74. The third-order valence-corrected chi connectivity index (χ3v) is 3.15. The van der Waals surface area contributed by atoms with Crippen molar-refractivity contribution >= 4 is 6.72 Å². The van der Waals surface area contributed by atoms with Crippen LogP contribution in [0, 0.1) is 11.3 Å². The number of hydrogen-bond donors (Lipinski definition) is 2. The molecule has 0 aromatic carbocycles. The molecule has 0 aliphatic carbocycles. The number of rotatable bonds is 6. The fourth-order valence-corrected chi connectivity index (χ4v) is 1.40. The van der Waals surface area contributed by atoms with Crippen LogP contribution in [0.25, 0.3) is 0 Å². The summed E-state index contributed by atoms with van der Waals surface area (Å²) in [4.78, 5) is 4.07. The second-order valence-corrected chi connectivity index (χ2v) is 4.47. The van der Waals surface area contributed by atoms with Crippen molar-refractivity contribution in [3.05, 3.63) is 12.7 Å². The molecule has 0 aliphatic heterocycles. The van der Waals surface area contributed by atoms with E-state index in [1.807, 2.05) is 0 Å². The van der Waals surface area contributed by atoms with Gasteiger partial charge >= 0.3 is 0 Å². The fraction of sp³-hybridized carbons (Fsp3) is 0.727. The molecular weight excluding hydrogens is 174 g/mol. The van der Waals surface area contributed by atoms with Crippen LogP contribution in [0.1, 0.15) is 20.8 Å². The highest BCUT2D eigenvalue weighted by atomic mass is 14.9. The van der Waals surface area contributed by atoms with Crippen molar-refractivity contribution in [2.45, 2.75) is 32.9 Å². The maximum atomic E-state index is 5.89. The zero-order chi connectivity index (χ0) is 11.4. The zero-order valence-electron chi connectivity index (χ0n) is 9.53. The van der Waals surface area contributed by atoms with Crippen LogP contribution in [0.5, 0.6) is 0 Å². The molecule has 3 unspecified atom stereocenters. The van der Waals surface area contributed by atoms with Gasteiger partial charge in [-0.3, -0.25) is 4.99 Å². The summed E-state index contributed by atoms with van der Waals surface area (Å²) in [6, 6.07) is -0.153. The summed E-state index contributed by atoms with van der Waals surface area (Å²) in [5.74, 6) is 0.290. The summed E-state index contributed by atoms with van der Waals surface area (Å²) in [5, 5.41) is 0. The monoisotopic (exact) mass is 197 g/mol. The lowest BCUT2D eigenvalue weighted by Crippen LogP contribution is -2.44. The normalized spacial score (nSPS) is 18.4. The van der Waals surface area contributed by atoms with Gasteiger partial charge in [-0.25, -0.2) is 0 Å². The molecule has 0 rings (SSSR count). The molecule has 14 heavy (non-hydrogen) atoms. The second-order valence-electron chi connectivity index (χ2n) is 4.47. The van der Waals surface area contributed by atoms with E-state index in [9.17, 15) is 0 Å². The van der Waals surface area contributed by atoms with E-state index < -0.39 is 0 Å². The summed E-state index contributed by atoms with van der Waals surface area (Å²) in [6.45, 7) is 14.2. The molecule has 0 aromatic rings. The zero-order valence-corrected chi connectivity index (χ0v) is 9.53. The van der Waals surface area contributed by atoms with Gasteiger partial charge in [0, 0.05) is 6.04 Å². The Labute approximate surface area is 87.3 Å². The maximum Gasteiger partial charge on any atom is 0.0709 e. The third-order valence-electron chi connectivity index (χ3n) is 3.15. The van der Waals surface area contributed by atoms with Gasteiger partial charge in [0.15, 0.2) is 0 Å². The average Bonchev–Trinajstić information content (AvgIpc) is 2.18. The van der Waals surface area contributed by atoms with Gasteiger partial charge < -0.3 is 11.5 Å². The van der Waals surface area contributed by atoms with E-state index in [0.29, 0.717) is 6.54 Å². The van der Waals surface area contributed by atoms with Crippen molar-refractivity contribution in [2.75, 3.05) is 6.54 Å². The first-order valence-electron chi connectivity index (χ1n) is 4.94. The molecule has 3 heteroatoms. The highest BCUT2D eigenvalue weighted by molar-refractivity contribution is 5.25. The van der Waals surface area contributed by atoms with Crippen molar-refractivity contribution in [3.63, 3.8) is 0 Å². The minimum atomic E-state index is -0.145. The molecule has 0 saturated carbocycles. The van der Waals surface area contributed by atoms with Crippen LogP contribution in [0.4, 0.5) is 0 Å². The lowest BCUT2D eigenvalue weighted by Gasteiger charge is -2.36. The van der Waals surface area contributed by atoms with E-state index in [-0.39, 0.29) is 23.4 Å². The van der Waals surface area contributed by atoms with Crippen molar-refractivity contribution in [2.24, 2.45) is 27.8 Å². The number of aliphatic imine (C=N–C) groups is 1. The van der Waals surface area contributed by atoms with Gasteiger partial charge in [0.05, 0.1) is 6.04 Å². The van der Waals surface area contributed by atoms with Gasteiger partial charge in [-0.1, -0.05) is 26.8 Å². The maximum absolute atomic E-state index is 5.89. The van der Waals surface area contributed by atoms with Crippen LogP contribution in [0.2, 0.25) is 0 Å². The largest absolute Gasteiger partial charge is 0.330 e. The van der Waals surface area contributed by atoms with E-state index in [1.165, 1.54) is 0 Å². The van der Waals surface area contributed by atoms with E-state index in [4.69, 9.17) is 11.5 Å². The first kappa shape index (κ1) is 13.3. The molecule has 0 fully saturated rings. The summed E-state index contributed by atoms with van der Waals surface area (Å²) in [7, 11) is 0. The Morgan fingerprint density at radius 3 is 2.29 bits per heavy atom.